The van der Waals surface area contributed by atoms with Gasteiger partial charge < -0.3 is 19.4 Å². The highest BCUT2D eigenvalue weighted by atomic mass is 28.3. The number of rotatable bonds is 9. The van der Waals surface area contributed by atoms with Crippen molar-refractivity contribution in [2.45, 2.75) is 58.8 Å². The Hall–Kier alpha value is -4.03. The van der Waals surface area contributed by atoms with Gasteiger partial charge in [0.15, 0.2) is 0 Å². The molecule has 212 valence electrons. The molecule has 4 aromatic rings. The SMILES string of the molecule is Cn1cc(-c2cc3cc(C(=O)Nc4cncc(NC(=O)OC(C)(C)C)c4)cnc3n2COCC[Si](C)(C)C)cn1. The van der Waals surface area contributed by atoms with Crippen molar-refractivity contribution in [3.63, 3.8) is 0 Å². The molecule has 4 heterocycles. The molecule has 0 radical (unpaired) electrons. The number of amides is 2. The van der Waals surface area contributed by atoms with E-state index in [1.807, 2.05) is 23.9 Å². The highest BCUT2D eigenvalue weighted by Crippen LogP contribution is 2.28. The number of carbonyl (C=O) groups is 2. The fourth-order valence-corrected chi connectivity index (χ4v) is 4.69. The number of anilines is 2. The predicted octanol–water partition coefficient (Wildman–Crippen LogP) is 5.74. The lowest BCUT2D eigenvalue weighted by Crippen LogP contribution is -2.27. The van der Waals surface area contributed by atoms with E-state index in [4.69, 9.17) is 9.47 Å². The molecule has 11 nitrogen and oxygen atoms in total. The Morgan fingerprint density at radius 3 is 2.38 bits per heavy atom. The lowest BCUT2D eigenvalue weighted by atomic mass is 10.2. The number of ether oxygens (including phenoxy) is 2. The van der Waals surface area contributed by atoms with Crippen LogP contribution in [0.15, 0.2) is 49.2 Å². The molecule has 0 saturated carbocycles. The molecule has 40 heavy (non-hydrogen) atoms. The van der Waals surface area contributed by atoms with E-state index in [9.17, 15) is 9.59 Å². The molecule has 0 aliphatic heterocycles. The maximum Gasteiger partial charge on any atom is 0.412 e. The molecule has 0 fully saturated rings. The molecule has 0 aliphatic carbocycles. The van der Waals surface area contributed by atoms with Crippen molar-refractivity contribution in [2.24, 2.45) is 7.05 Å². The van der Waals surface area contributed by atoms with E-state index in [-0.39, 0.29) is 5.91 Å². The maximum absolute atomic E-state index is 13.1. The van der Waals surface area contributed by atoms with Gasteiger partial charge in [-0.3, -0.25) is 19.8 Å². The lowest BCUT2D eigenvalue weighted by Gasteiger charge is -2.19. The second-order valence-corrected chi connectivity index (χ2v) is 17.5. The van der Waals surface area contributed by atoms with Crippen LogP contribution >= 0.6 is 0 Å². The second kappa shape index (κ2) is 11.6. The summed E-state index contributed by atoms with van der Waals surface area (Å²) in [5, 5.41) is 10.6. The van der Waals surface area contributed by atoms with Crippen molar-refractivity contribution in [1.82, 2.24) is 24.3 Å². The first-order valence-corrected chi connectivity index (χ1v) is 16.8. The van der Waals surface area contributed by atoms with Crippen molar-refractivity contribution in [3.8, 4) is 11.3 Å². The molecule has 2 N–H and O–H groups in total. The first kappa shape index (κ1) is 29.0. The van der Waals surface area contributed by atoms with E-state index in [1.165, 1.54) is 12.4 Å². The van der Waals surface area contributed by atoms with Crippen LogP contribution in [-0.2, 0) is 23.3 Å². The molecule has 0 aromatic carbocycles. The summed E-state index contributed by atoms with van der Waals surface area (Å²) in [6.07, 6.45) is 7.64. The van der Waals surface area contributed by atoms with Gasteiger partial charge in [0.05, 0.1) is 41.2 Å². The third-order valence-corrected chi connectivity index (χ3v) is 7.56. The molecule has 0 saturated heterocycles. The number of hydrogen-bond donors (Lipinski definition) is 2. The summed E-state index contributed by atoms with van der Waals surface area (Å²) >= 11 is 0. The Balaban J connectivity index is 1.54. The molecular weight excluding hydrogens is 526 g/mol. The third-order valence-electron chi connectivity index (χ3n) is 5.85. The standard InChI is InChI=1S/C28H37N7O4Si/c1-28(2,3)39-27(37)33-23-12-22(15-29-16-23)32-26(36)20-10-19-11-24(21-14-31-34(4)17-21)35(25(19)30-13-20)18-38-8-9-40(5,6)7/h10-17H,8-9,18H2,1-7H3,(H,32,36)(H,33,37). The summed E-state index contributed by atoms with van der Waals surface area (Å²) in [5.41, 5.74) is 3.12. The Morgan fingerprint density at radius 2 is 1.73 bits per heavy atom. The summed E-state index contributed by atoms with van der Waals surface area (Å²) < 4.78 is 15.1. The van der Waals surface area contributed by atoms with Gasteiger partial charge in [-0.2, -0.15) is 5.10 Å². The van der Waals surface area contributed by atoms with Crippen LogP contribution in [0, 0.1) is 0 Å². The first-order chi connectivity index (χ1) is 18.8. The van der Waals surface area contributed by atoms with Crippen LogP contribution in [0.2, 0.25) is 25.7 Å². The third kappa shape index (κ3) is 7.76. The van der Waals surface area contributed by atoms with Crippen LogP contribution in [0.5, 0.6) is 0 Å². The molecule has 4 aromatic heterocycles. The number of aromatic nitrogens is 5. The number of nitrogens with one attached hydrogen (secondary N) is 2. The molecule has 4 rings (SSSR count). The van der Waals surface area contributed by atoms with Crippen LogP contribution in [0.4, 0.5) is 16.2 Å². The van der Waals surface area contributed by atoms with E-state index in [1.54, 1.807) is 50.0 Å². The fourth-order valence-electron chi connectivity index (χ4n) is 3.93. The molecule has 0 aliphatic rings. The number of fused-ring (bicyclic) bond motifs is 1. The number of aryl methyl sites for hydroxylation is 1. The number of carbonyl (C=O) groups excluding carboxylic acids is 2. The van der Waals surface area contributed by atoms with Gasteiger partial charge in [0.25, 0.3) is 5.91 Å². The smallest absolute Gasteiger partial charge is 0.412 e. The fraction of sp³-hybridized carbons (Fsp3) is 0.393. The Labute approximate surface area is 234 Å². The van der Waals surface area contributed by atoms with Gasteiger partial charge in [-0.1, -0.05) is 19.6 Å². The van der Waals surface area contributed by atoms with E-state index >= 15 is 0 Å². The lowest BCUT2D eigenvalue weighted by molar-refractivity contribution is 0.0635. The molecular formula is C28H37N7O4Si. The largest absolute Gasteiger partial charge is 0.444 e. The summed E-state index contributed by atoms with van der Waals surface area (Å²) in [6.45, 7) is 13.3. The zero-order chi connectivity index (χ0) is 29.1. The normalized spacial score (nSPS) is 12.0. The van der Waals surface area contributed by atoms with Crippen LogP contribution in [0.25, 0.3) is 22.3 Å². The maximum atomic E-state index is 13.1. The molecule has 0 spiro atoms. The predicted molar refractivity (Wildman–Crippen MR) is 158 cm³/mol. The van der Waals surface area contributed by atoms with Crippen molar-refractivity contribution < 1.29 is 19.1 Å². The first-order valence-electron chi connectivity index (χ1n) is 13.1. The highest BCUT2D eigenvalue weighted by Gasteiger charge is 2.19. The molecule has 0 unspecified atom stereocenters. The van der Waals surface area contributed by atoms with Gasteiger partial charge >= 0.3 is 6.09 Å². The van der Waals surface area contributed by atoms with Crippen molar-refractivity contribution in [1.29, 1.82) is 0 Å². The van der Waals surface area contributed by atoms with E-state index in [0.717, 1.165) is 22.7 Å². The topological polar surface area (TPSA) is 125 Å². The van der Waals surface area contributed by atoms with E-state index in [2.05, 4.69) is 45.3 Å². The van der Waals surface area contributed by atoms with Crippen molar-refractivity contribution in [2.75, 3.05) is 17.2 Å². The van der Waals surface area contributed by atoms with Crippen LogP contribution in [0.1, 0.15) is 31.1 Å². The highest BCUT2D eigenvalue weighted by molar-refractivity contribution is 6.76. The van der Waals surface area contributed by atoms with Gasteiger partial charge in [0, 0.05) is 45.1 Å². The van der Waals surface area contributed by atoms with Gasteiger partial charge in [0.2, 0.25) is 0 Å². The zero-order valence-electron chi connectivity index (χ0n) is 24.1. The number of hydrogen-bond acceptors (Lipinski definition) is 7. The summed E-state index contributed by atoms with van der Waals surface area (Å²) in [6, 6.07) is 6.46. The van der Waals surface area contributed by atoms with Gasteiger partial charge in [0.1, 0.15) is 18.0 Å². The van der Waals surface area contributed by atoms with E-state index in [0.29, 0.717) is 35.9 Å². The van der Waals surface area contributed by atoms with Gasteiger partial charge in [-0.25, -0.2) is 9.78 Å². The quantitative estimate of drug-likeness (QED) is 0.196. The van der Waals surface area contributed by atoms with Gasteiger partial charge in [-0.05, 0) is 45.0 Å². The van der Waals surface area contributed by atoms with E-state index < -0.39 is 19.8 Å². The van der Waals surface area contributed by atoms with Crippen molar-refractivity contribution in [3.05, 3.63) is 54.7 Å². The average molecular weight is 564 g/mol. The Kier molecular flexibility index (Phi) is 8.40. The minimum Gasteiger partial charge on any atom is -0.444 e. The average Bonchev–Trinajstić information content (AvgIpc) is 3.43. The molecule has 0 bridgehead atoms. The van der Waals surface area contributed by atoms with Gasteiger partial charge in [-0.15, -0.1) is 0 Å². The van der Waals surface area contributed by atoms with Crippen LogP contribution in [-0.4, -0.2) is 56.6 Å². The minimum atomic E-state index is -1.22. The summed E-state index contributed by atoms with van der Waals surface area (Å²) in [7, 11) is 0.650. The summed E-state index contributed by atoms with van der Waals surface area (Å²) in [4.78, 5) is 34.0. The Bertz CT molecular complexity index is 1520. The number of pyridine rings is 2. The van der Waals surface area contributed by atoms with Crippen molar-refractivity contribution >= 4 is 42.5 Å². The zero-order valence-corrected chi connectivity index (χ0v) is 25.1. The summed E-state index contributed by atoms with van der Waals surface area (Å²) in [5.74, 6) is -0.354. The molecule has 12 heteroatoms. The molecule has 0 atom stereocenters. The Morgan fingerprint density at radius 1 is 1.00 bits per heavy atom. The second-order valence-electron chi connectivity index (χ2n) is 11.9. The minimum absolute atomic E-state index is 0.347. The van der Waals surface area contributed by atoms with Crippen LogP contribution in [0.3, 0.4) is 0 Å². The molecule has 2 amide bonds. The van der Waals surface area contributed by atoms with Crippen LogP contribution < -0.4 is 10.6 Å². The monoisotopic (exact) mass is 563 g/mol. The number of nitrogens with zero attached hydrogens (tertiary/aromatic N) is 5.